The fourth-order valence-electron chi connectivity index (χ4n) is 3.84. The molecule has 3 aliphatic rings. The normalized spacial score (nSPS) is 35.5. The van der Waals surface area contributed by atoms with Gasteiger partial charge >= 0.3 is 5.97 Å². The number of hydrogen-bond acceptors (Lipinski definition) is 2. The van der Waals surface area contributed by atoms with Crippen molar-refractivity contribution in [1.29, 1.82) is 0 Å². The molecule has 2 saturated heterocycles. The standard InChI is InChI=1S/C15H17NO3/c1-10-5-7-16-13(17)8-11-4-2-3-6-15(11,16)12(10)9-14(18)19/h2,4,9,11H,1,3,5-8H2,(H,18,19)/b12-9+/t11-,15-/m0/s1. The summed E-state index contributed by atoms with van der Waals surface area (Å²) in [5.74, 6) is -0.725. The molecule has 0 radical (unpaired) electrons. The van der Waals surface area contributed by atoms with Gasteiger partial charge in [0.25, 0.3) is 0 Å². The van der Waals surface area contributed by atoms with Crippen LogP contribution in [0, 0.1) is 5.92 Å². The van der Waals surface area contributed by atoms with Crippen LogP contribution in [0.3, 0.4) is 0 Å². The van der Waals surface area contributed by atoms with E-state index in [1.54, 1.807) is 0 Å². The molecule has 1 aliphatic carbocycles. The summed E-state index contributed by atoms with van der Waals surface area (Å²) >= 11 is 0. The highest BCUT2D eigenvalue weighted by Gasteiger charge is 2.56. The zero-order chi connectivity index (χ0) is 13.6. The monoisotopic (exact) mass is 259 g/mol. The van der Waals surface area contributed by atoms with Crippen LogP contribution in [-0.2, 0) is 9.59 Å². The lowest BCUT2D eigenvalue weighted by atomic mass is 9.68. The van der Waals surface area contributed by atoms with Crippen LogP contribution in [-0.4, -0.2) is 34.0 Å². The average molecular weight is 259 g/mol. The molecule has 1 amide bonds. The predicted molar refractivity (Wildman–Crippen MR) is 70.4 cm³/mol. The number of piperidine rings is 1. The quantitative estimate of drug-likeness (QED) is 0.578. The first-order valence-electron chi connectivity index (χ1n) is 6.66. The summed E-state index contributed by atoms with van der Waals surface area (Å²) in [5.41, 5.74) is 1.18. The van der Waals surface area contributed by atoms with E-state index in [1.807, 2.05) is 4.90 Å². The highest BCUT2D eigenvalue weighted by molar-refractivity contribution is 5.87. The Labute approximate surface area is 112 Å². The summed E-state index contributed by atoms with van der Waals surface area (Å²) in [6.45, 7) is 4.69. The van der Waals surface area contributed by atoms with Gasteiger partial charge in [-0.3, -0.25) is 4.79 Å². The molecule has 2 heterocycles. The first-order chi connectivity index (χ1) is 9.05. The molecule has 2 fully saturated rings. The molecule has 4 nitrogen and oxygen atoms in total. The van der Waals surface area contributed by atoms with Gasteiger partial charge in [-0.2, -0.15) is 0 Å². The summed E-state index contributed by atoms with van der Waals surface area (Å²) in [7, 11) is 0. The second-order valence-corrected chi connectivity index (χ2v) is 5.50. The number of rotatable bonds is 1. The molecule has 0 unspecified atom stereocenters. The summed E-state index contributed by atoms with van der Waals surface area (Å²) in [6, 6.07) is 0. The van der Waals surface area contributed by atoms with Gasteiger partial charge in [-0.05, 0) is 30.4 Å². The Morgan fingerprint density at radius 2 is 2.37 bits per heavy atom. The van der Waals surface area contributed by atoms with Crippen LogP contribution in [0.25, 0.3) is 0 Å². The van der Waals surface area contributed by atoms with Crippen molar-refractivity contribution in [3.8, 4) is 0 Å². The van der Waals surface area contributed by atoms with Gasteiger partial charge in [0.2, 0.25) is 5.91 Å². The molecule has 1 N–H and O–H groups in total. The molecule has 100 valence electrons. The molecule has 0 aromatic carbocycles. The van der Waals surface area contributed by atoms with Gasteiger partial charge in [0.05, 0.1) is 5.54 Å². The maximum absolute atomic E-state index is 12.2. The summed E-state index contributed by atoms with van der Waals surface area (Å²) in [4.78, 5) is 25.2. The van der Waals surface area contributed by atoms with E-state index in [-0.39, 0.29) is 11.8 Å². The van der Waals surface area contributed by atoms with Crippen molar-refractivity contribution in [2.75, 3.05) is 6.54 Å². The second kappa shape index (κ2) is 4.08. The van der Waals surface area contributed by atoms with Gasteiger partial charge in [-0.15, -0.1) is 0 Å². The Kier molecular flexibility index (Phi) is 2.62. The Bertz CT molecular complexity index is 532. The topological polar surface area (TPSA) is 57.6 Å². The molecule has 0 aromatic heterocycles. The highest BCUT2D eigenvalue weighted by Crippen LogP contribution is 2.52. The number of carboxylic acids is 1. The van der Waals surface area contributed by atoms with Crippen molar-refractivity contribution in [2.24, 2.45) is 5.92 Å². The Morgan fingerprint density at radius 1 is 1.58 bits per heavy atom. The Balaban J connectivity index is 2.17. The lowest BCUT2D eigenvalue weighted by molar-refractivity contribution is -0.133. The molecule has 0 aromatic rings. The molecular formula is C15H17NO3. The lowest BCUT2D eigenvalue weighted by Gasteiger charge is -2.49. The van der Waals surface area contributed by atoms with E-state index < -0.39 is 11.5 Å². The summed E-state index contributed by atoms with van der Waals surface area (Å²) in [6.07, 6.45) is 8.28. The van der Waals surface area contributed by atoms with E-state index in [4.69, 9.17) is 5.11 Å². The number of carbonyl (C=O) groups excluding carboxylic acids is 1. The van der Waals surface area contributed by atoms with Crippen LogP contribution in [0.2, 0.25) is 0 Å². The van der Waals surface area contributed by atoms with E-state index in [9.17, 15) is 9.59 Å². The molecule has 0 saturated carbocycles. The van der Waals surface area contributed by atoms with Crippen LogP contribution in [0.4, 0.5) is 0 Å². The fraction of sp³-hybridized carbons (Fsp3) is 0.467. The molecule has 2 atom stereocenters. The van der Waals surface area contributed by atoms with E-state index in [0.717, 1.165) is 24.0 Å². The maximum atomic E-state index is 12.2. The predicted octanol–water partition coefficient (Wildman–Crippen LogP) is 1.89. The van der Waals surface area contributed by atoms with Crippen molar-refractivity contribution < 1.29 is 14.7 Å². The fourth-order valence-corrected chi connectivity index (χ4v) is 3.84. The number of nitrogens with zero attached hydrogens (tertiary/aromatic N) is 1. The minimum absolute atomic E-state index is 0.0939. The molecular weight excluding hydrogens is 242 g/mol. The molecule has 3 rings (SSSR count). The number of carboxylic acid groups (broad SMARTS) is 1. The largest absolute Gasteiger partial charge is 0.478 e. The third-order valence-electron chi connectivity index (χ3n) is 4.60. The SMILES string of the molecule is C=C1CCN2C(=O)C[C@@H]3C=CCC[C@@]32/C1=C/C(=O)O. The molecule has 1 spiro atoms. The maximum Gasteiger partial charge on any atom is 0.328 e. The van der Waals surface area contributed by atoms with Gasteiger partial charge in [-0.25, -0.2) is 4.79 Å². The number of carbonyl (C=O) groups is 2. The van der Waals surface area contributed by atoms with Gasteiger partial charge in [-0.1, -0.05) is 18.7 Å². The Morgan fingerprint density at radius 3 is 3.11 bits per heavy atom. The van der Waals surface area contributed by atoms with Crippen molar-refractivity contribution in [2.45, 2.75) is 31.2 Å². The number of amides is 1. The van der Waals surface area contributed by atoms with Gasteiger partial charge in [0, 0.05) is 25.0 Å². The Hall–Kier alpha value is -1.84. The number of allylic oxidation sites excluding steroid dienone is 1. The first kappa shape index (κ1) is 12.2. The summed E-state index contributed by atoms with van der Waals surface area (Å²) < 4.78 is 0. The smallest absolute Gasteiger partial charge is 0.328 e. The van der Waals surface area contributed by atoms with Gasteiger partial charge in [0.15, 0.2) is 0 Å². The van der Waals surface area contributed by atoms with E-state index in [1.165, 1.54) is 6.08 Å². The van der Waals surface area contributed by atoms with Crippen LogP contribution in [0.1, 0.15) is 25.7 Å². The minimum Gasteiger partial charge on any atom is -0.478 e. The zero-order valence-corrected chi connectivity index (χ0v) is 10.8. The lowest BCUT2D eigenvalue weighted by Crippen LogP contribution is -2.54. The van der Waals surface area contributed by atoms with E-state index in [2.05, 4.69) is 18.7 Å². The van der Waals surface area contributed by atoms with Crippen molar-refractivity contribution in [1.82, 2.24) is 4.90 Å². The molecule has 0 bridgehead atoms. The van der Waals surface area contributed by atoms with Gasteiger partial charge < -0.3 is 10.0 Å². The van der Waals surface area contributed by atoms with Crippen molar-refractivity contribution in [3.05, 3.63) is 36.0 Å². The molecule has 2 aliphatic heterocycles. The second-order valence-electron chi connectivity index (χ2n) is 5.50. The highest BCUT2D eigenvalue weighted by atomic mass is 16.4. The average Bonchev–Trinajstić information content (AvgIpc) is 2.65. The van der Waals surface area contributed by atoms with Crippen molar-refractivity contribution >= 4 is 11.9 Å². The van der Waals surface area contributed by atoms with Crippen LogP contribution in [0.5, 0.6) is 0 Å². The van der Waals surface area contributed by atoms with Crippen LogP contribution >= 0.6 is 0 Å². The third-order valence-corrected chi connectivity index (χ3v) is 4.60. The van der Waals surface area contributed by atoms with Crippen LogP contribution in [0.15, 0.2) is 36.0 Å². The zero-order valence-electron chi connectivity index (χ0n) is 10.8. The molecule has 4 heteroatoms. The summed E-state index contributed by atoms with van der Waals surface area (Å²) in [5, 5.41) is 9.12. The van der Waals surface area contributed by atoms with Crippen molar-refractivity contribution in [3.63, 3.8) is 0 Å². The first-order valence-corrected chi connectivity index (χ1v) is 6.66. The van der Waals surface area contributed by atoms with Crippen LogP contribution < -0.4 is 0 Å². The van der Waals surface area contributed by atoms with E-state index >= 15 is 0 Å². The number of aliphatic carboxylic acids is 1. The minimum atomic E-state index is -0.958. The van der Waals surface area contributed by atoms with E-state index in [0.29, 0.717) is 19.4 Å². The van der Waals surface area contributed by atoms with Gasteiger partial charge in [0.1, 0.15) is 0 Å². The molecule has 19 heavy (non-hydrogen) atoms. The third kappa shape index (κ3) is 1.59. The number of hydrogen-bond donors (Lipinski definition) is 1.